The highest BCUT2D eigenvalue weighted by molar-refractivity contribution is 5.19. The van der Waals surface area contributed by atoms with Gasteiger partial charge >= 0.3 is 0 Å². The number of hydrogen-bond acceptors (Lipinski definition) is 0. The summed E-state index contributed by atoms with van der Waals surface area (Å²) >= 11 is 0. The van der Waals surface area contributed by atoms with Gasteiger partial charge in [-0.2, -0.15) is 0 Å². The summed E-state index contributed by atoms with van der Waals surface area (Å²) in [6.45, 7) is 18.2. The average molecular weight is 150 g/mol. The van der Waals surface area contributed by atoms with Crippen molar-refractivity contribution >= 4 is 0 Å². The van der Waals surface area contributed by atoms with E-state index in [4.69, 9.17) is 0 Å². The summed E-state index contributed by atoms with van der Waals surface area (Å²) in [6.07, 6.45) is 4.54. The van der Waals surface area contributed by atoms with Crippen LogP contribution >= 0.6 is 0 Å². The Kier molecular flexibility index (Phi) is 10.3. The van der Waals surface area contributed by atoms with Gasteiger partial charge in [-0.25, -0.2) is 0 Å². The molecular formula is C11H18. The van der Waals surface area contributed by atoms with Gasteiger partial charge in [0.1, 0.15) is 0 Å². The minimum absolute atomic E-state index is 0.917. The molecule has 0 saturated heterocycles. The predicted octanol–water partition coefficient (Wildman–Crippen LogP) is 3.89. The molecule has 0 saturated carbocycles. The molecule has 0 radical (unpaired) electrons. The van der Waals surface area contributed by atoms with E-state index in [1.807, 2.05) is 26.0 Å². The fraction of sp³-hybridized carbons (Fsp3) is 0.273. The van der Waals surface area contributed by atoms with Crippen LogP contribution in [0.5, 0.6) is 0 Å². The Balaban J connectivity index is 0. The zero-order valence-corrected chi connectivity index (χ0v) is 7.69. The molecule has 0 spiro atoms. The van der Waals surface area contributed by atoms with E-state index in [1.54, 1.807) is 0 Å². The van der Waals surface area contributed by atoms with Gasteiger partial charge in [-0.05, 0) is 20.3 Å². The Morgan fingerprint density at radius 3 is 1.27 bits per heavy atom. The molecule has 0 amide bonds. The van der Waals surface area contributed by atoms with E-state index in [0.29, 0.717) is 0 Å². The quantitative estimate of drug-likeness (QED) is 0.423. The van der Waals surface area contributed by atoms with E-state index in [-0.39, 0.29) is 0 Å². The highest BCUT2D eigenvalue weighted by Crippen LogP contribution is 1.98. The minimum Gasteiger partial charge on any atom is -0.103 e. The molecule has 0 heteroatoms. The van der Waals surface area contributed by atoms with Gasteiger partial charge in [-0.15, -0.1) is 13.2 Å². The molecule has 0 atom stereocenters. The SMILES string of the molecule is C=C(C)C(=C)C.C=CCC=C. The second-order valence-electron chi connectivity index (χ2n) is 2.37. The molecule has 0 bridgehead atoms. The largest absolute Gasteiger partial charge is 0.103 e. The molecule has 0 aromatic carbocycles. The lowest BCUT2D eigenvalue weighted by Gasteiger charge is -1.88. The summed E-state index contributed by atoms with van der Waals surface area (Å²) in [5.74, 6) is 0. The molecule has 0 unspecified atom stereocenters. The highest BCUT2D eigenvalue weighted by Gasteiger charge is 1.77. The molecule has 0 heterocycles. The first-order valence-corrected chi connectivity index (χ1v) is 3.59. The van der Waals surface area contributed by atoms with E-state index >= 15 is 0 Å². The van der Waals surface area contributed by atoms with Crippen LogP contribution in [0.15, 0.2) is 49.6 Å². The third-order valence-electron chi connectivity index (χ3n) is 1.06. The van der Waals surface area contributed by atoms with Crippen molar-refractivity contribution < 1.29 is 0 Å². The summed E-state index contributed by atoms with van der Waals surface area (Å²) in [6, 6.07) is 0. The van der Waals surface area contributed by atoms with E-state index in [9.17, 15) is 0 Å². The van der Waals surface area contributed by atoms with Gasteiger partial charge in [0.2, 0.25) is 0 Å². The standard InChI is InChI=1S/C6H10.C5H8/c1-5(2)6(3)4;1-3-5-4-2/h1,3H2,2,4H3;3-4H,1-2,5H2. The number of rotatable bonds is 3. The minimum atomic E-state index is 0.917. The third-order valence-corrected chi connectivity index (χ3v) is 1.06. The summed E-state index contributed by atoms with van der Waals surface area (Å²) in [4.78, 5) is 0. The van der Waals surface area contributed by atoms with Crippen LogP contribution in [0.25, 0.3) is 0 Å². The zero-order valence-electron chi connectivity index (χ0n) is 7.69. The van der Waals surface area contributed by atoms with Crippen molar-refractivity contribution in [1.82, 2.24) is 0 Å². The van der Waals surface area contributed by atoms with Gasteiger partial charge in [0.15, 0.2) is 0 Å². The lowest BCUT2D eigenvalue weighted by Crippen LogP contribution is -1.67. The van der Waals surface area contributed by atoms with Crippen molar-refractivity contribution in [2.45, 2.75) is 20.3 Å². The molecule has 11 heavy (non-hydrogen) atoms. The molecular weight excluding hydrogens is 132 g/mol. The van der Waals surface area contributed by atoms with Crippen molar-refractivity contribution in [2.24, 2.45) is 0 Å². The van der Waals surface area contributed by atoms with Gasteiger partial charge in [0.05, 0.1) is 0 Å². The second-order valence-corrected chi connectivity index (χ2v) is 2.37. The first kappa shape index (κ1) is 12.6. The third kappa shape index (κ3) is 17.6. The number of hydrogen-bond donors (Lipinski definition) is 0. The Morgan fingerprint density at radius 1 is 1.00 bits per heavy atom. The van der Waals surface area contributed by atoms with E-state index < -0.39 is 0 Å². The monoisotopic (exact) mass is 150 g/mol. The molecule has 0 aliphatic rings. The highest BCUT2D eigenvalue weighted by atomic mass is 13.8. The van der Waals surface area contributed by atoms with Gasteiger partial charge in [-0.1, -0.05) is 36.5 Å². The van der Waals surface area contributed by atoms with Crippen LogP contribution in [-0.4, -0.2) is 0 Å². The van der Waals surface area contributed by atoms with Crippen LogP contribution in [0, 0.1) is 0 Å². The molecule has 0 aliphatic carbocycles. The lowest BCUT2D eigenvalue weighted by atomic mass is 10.2. The molecule has 0 aliphatic heterocycles. The van der Waals surface area contributed by atoms with E-state index in [2.05, 4.69) is 26.3 Å². The Hall–Kier alpha value is -1.04. The molecule has 0 N–H and O–H groups in total. The Bertz CT molecular complexity index is 131. The van der Waals surface area contributed by atoms with Crippen LogP contribution in [-0.2, 0) is 0 Å². The maximum Gasteiger partial charge on any atom is -0.0175 e. The van der Waals surface area contributed by atoms with Crippen LogP contribution < -0.4 is 0 Å². The van der Waals surface area contributed by atoms with Gasteiger partial charge in [0, 0.05) is 0 Å². The topological polar surface area (TPSA) is 0 Å². The molecule has 0 aromatic rings. The smallest absolute Gasteiger partial charge is 0.0175 e. The second kappa shape index (κ2) is 8.96. The van der Waals surface area contributed by atoms with Crippen LogP contribution in [0.1, 0.15) is 20.3 Å². The molecule has 0 nitrogen and oxygen atoms in total. The van der Waals surface area contributed by atoms with E-state index in [1.165, 1.54) is 0 Å². The zero-order chi connectivity index (χ0) is 9.28. The molecule has 0 rings (SSSR count). The first-order chi connectivity index (χ1) is 5.06. The summed E-state index contributed by atoms with van der Waals surface area (Å²) < 4.78 is 0. The normalized spacial score (nSPS) is 7.09. The van der Waals surface area contributed by atoms with Crippen molar-refractivity contribution in [3.05, 3.63) is 49.6 Å². The lowest BCUT2D eigenvalue weighted by molar-refractivity contribution is 1.39. The van der Waals surface area contributed by atoms with Crippen molar-refractivity contribution in [3.8, 4) is 0 Å². The van der Waals surface area contributed by atoms with Crippen LogP contribution in [0.4, 0.5) is 0 Å². The van der Waals surface area contributed by atoms with Crippen LogP contribution in [0.2, 0.25) is 0 Å². The average Bonchev–Trinajstić information content (AvgIpc) is 1.90. The molecule has 0 aromatic heterocycles. The first-order valence-electron chi connectivity index (χ1n) is 3.59. The van der Waals surface area contributed by atoms with Crippen molar-refractivity contribution in [3.63, 3.8) is 0 Å². The van der Waals surface area contributed by atoms with Gasteiger partial charge < -0.3 is 0 Å². The fourth-order valence-electron chi connectivity index (χ4n) is 0.118. The fourth-order valence-corrected chi connectivity index (χ4v) is 0.118. The van der Waals surface area contributed by atoms with Crippen molar-refractivity contribution in [2.75, 3.05) is 0 Å². The predicted molar refractivity (Wildman–Crippen MR) is 54.6 cm³/mol. The van der Waals surface area contributed by atoms with Crippen molar-refractivity contribution in [1.29, 1.82) is 0 Å². The van der Waals surface area contributed by atoms with E-state index in [0.717, 1.165) is 17.6 Å². The van der Waals surface area contributed by atoms with Gasteiger partial charge in [0.25, 0.3) is 0 Å². The number of allylic oxidation sites excluding steroid dienone is 4. The van der Waals surface area contributed by atoms with Gasteiger partial charge in [-0.3, -0.25) is 0 Å². The van der Waals surface area contributed by atoms with Crippen LogP contribution in [0.3, 0.4) is 0 Å². The maximum atomic E-state index is 3.66. The molecule has 0 fully saturated rings. The Labute approximate surface area is 70.6 Å². The molecule has 62 valence electrons. The summed E-state index contributed by atoms with van der Waals surface area (Å²) in [5.41, 5.74) is 2.13. The summed E-state index contributed by atoms with van der Waals surface area (Å²) in [7, 11) is 0. The maximum absolute atomic E-state index is 3.66. The summed E-state index contributed by atoms with van der Waals surface area (Å²) in [5, 5.41) is 0. The Morgan fingerprint density at radius 2 is 1.27 bits per heavy atom.